The predicted octanol–water partition coefficient (Wildman–Crippen LogP) is 2.60. The van der Waals surface area contributed by atoms with E-state index >= 15 is 0 Å². The summed E-state index contributed by atoms with van der Waals surface area (Å²) in [7, 11) is 4.65. The van der Waals surface area contributed by atoms with Crippen molar-refractivity contribution in [3.63, 3.8) is 0 Å². The third-order valence-electron chi connectivity index (χ3n) is 4.20. The summed E-state index contributed by atoms with van der Waals surface area (Å²) in [5, 5.41) is 6.28. The molecule has 2 rings (SSSR count). The maximum Gasteiger partial charge on any atom is 0.244 e. The zero-order valence-corrected chi connectivity index (χ0v) is 14.8. The van der Waals surface area contributed by atoms with Crippen molar-refractivity contribution < 1.29 is 19.0 Å². The fraction of sp³-hybridized carbons (Fsp3) is 0.562. The molecule has 23 heavy (non-hydrogen) atoms. The summed E-state index contributed by atoms with van der Waals surface area (Å²) in [5.41, 5.74) is 0.140. The van der Waals surface area contributed by atoms with E-state index in [1.54, 1.807) is 33.5 Å². The van der Waals surface area contributed by atoms with Crippen LogP contribution in [0.25, 0.3) is 0 Å². The highest BCUT2D eigenvalue weighted by Gasteiger charge is 2.39. The van der Waals surface area contributed by atoms with Crippen LogP contribution in [0.1, 0.15) is 26.2 Å². The van der Waals surface area contributed by atoms with Crippen LogP contribution in [0.2, 0.25) is 0 Å². The Balaban J connectivity index is 0.00000264. The van der Waals surface area contributed by atoms with Gasteiger partial charge in [0.05, 0.1) is 26.9 Å². The van der Waals surface area contributed by atoms with Crippen molar-refractivity contribution in [2.24, 2.45) is 0 Å². The fourth-order valence-corrected chi connectivity index (χ4v) is 2.87. The average Bonchev–Trinajstić information content (AvgIpc) is 3.04. The van der Waals surface area contributed by atoms with Gasteiger partial charge in [-0.05, 0) is 25.8 Å². The number of nitrogens with one attached hydrogen (secondary N) is 2. The highest BCUT2D eigenvalue weighted by atomic mass is 35.5. The van der Waals surface area contributed by atoms with Gasteiger partial charge in [0.2, 0.25) is 11.7 Å². The van der Waals surface area contributed by atoms with Gasteiger partial charge in [-0.1, -0.05) is 6.92 Å². The summed E-state index contributed by atoms with van der Waals surface area (Å²) in [6, 6.07) is 3.47. The highest BCUT2D eigenvalue weighted by molar-refractivity contribution is 5.98. The van der Waals surface area contributed by atoms with Crippen LogP contribution in [0.3, 0.4) is 0 Å². The number of carbonyl (C=O) groups excluding carboxylic acids is 1. The molecule has 7 heteroatoms. The molecule has 1 fully saturated rings. The van der Waals surface area contributed by atoms with E-state index in [9.17, 15) is 4.79 Å². The van der Waals surface area contributed by atoms with E-state index in [0.717, 1.165) is 25.8 Å². The molecule has 0 saturated carbocycles. The molecule has 0 aliphatic carbocycles. The van der Waals surface area contributed by atoms with Crippen molar-refractivity contribution in [2.45, 2.75) is 31.7 Å². The SMILES string of the molecule is CCC1(C(=O)Nc2cc(OC)c(OC)c(OC)c2)CCCN1.Cl. The molecule has 1 heterocycles. The Morgan fingerprint density at radius 1 is 1.22 bits per heavy atom. The van der Waals surface area contributed by atoms with E-state index in [-0.39, 0.29) is 18.3 Å². The Kier molecular flexibility index (Phi) is 6.97. The van der Waals surface area contributed by atoms with Gasteiger partial charge >= 0.3 is 0 Å². The van der Waals surface area contributed by atoms with E-state index in [2.05, 4.69) is 10.6 Å². The number of carbonyl (C=O) groups is 1. The molecule has 0 spiro atoms. The van der Waals surface area contributed by atoms with E-state index in [4.69, 9.17) is 14.2 Å². The number of benzene rings is 1. The van der Waals surface area contributed by atoms with Crippen molar-refractivity contribution in [1.29, 1.82) is 0 Å². The normalized spacial score (nSPS) is 19.7. The summed E-state index contributed by atoms with van der Waals surface area (Å²) in [5.74, 6) is 1.51. The van der Waals surface area contributed by atoms with Crippen LogP contribution in [0.4, 0.5) is 5.69 Å². The number of amides is 1. The molecule has 1 amide bonds. The van der Waals surface area contributed by atoms with Gasteiger partial charge in [-0.25, -0.2) is 0 Å². The second kappa shape index (κ2) is 8.26. The molecule has 0 bridgehead atoms. The van der Waals surface area contributed by atoms with Gasteiger partial charge < -0.3 is 24.8 Å². The van der Waals surface area contributed by atoms with Crippen LogP contribution >= 0.6 is 12.4 Å². The third-order valence-corrected chi connectivity index (χ3v) is 4.20. The first-order valence-electron chi connectivity index (χ1n) is 7.46. The Hall–Kier alpha value is -1.66. The monoisotopic (exact) mass is 344 g/mol. The zero-order chi connectivity index (χ0) is 16.2. The van der Waals surface area contributed by atoms with Crippen LogP contribution in [0.15, 0.2) is 12.1 Å². The summed E-state index contributed by atoms with van der Waals surface area (Å²) >= 11 is 0. The number of methoxy groups -OCH3 is 3. The first-order chi connectivity index (χ1) is 10.6. The van der Waals surface area contributed by atoms with E-state index in [1.165, 1.54) is 0 Å². The van der Waals surface area contributed by atoms with Crippen molar-refractivity contribution in [2.75, 3.05) is 33.2 Å². The van der Waals surface area contributed by atoms with E-state index < -0.39 is 5.54 Å². The van der Waals surface area contributed by atoms with Gasteiger partial charge in [-0.2, -0.15) is 0 Å². The van der Waals surface area contributed by atoms with E-state index in [0.29, 0.717) is 22.9 Å². The summed E-state index contributed by atoms with van der Waals surface area (Å²) in [6.45, 7) is 2.89. The Bertz CT molecular complexity index is 520. The second-order valence-electron chi connectivity index (χ2n) is 5.33. The van der Waals surface area contributed by atoms with Gasteiger partial charge in [0, 0.05) is 17.8 Å². The predicted molar refractivity (Wildman–Crippen MR) is 92.2 cm³/mol. The molecule has 1 saturated heterocycles. The molecule has 2 N–H and O–H groups in total. The average molecular weight is 345 g/mol. The van der Waals surface area contributed by atoms with Crippen LogP contribution < -0.4 is 24.8 Å². The molecule has 0 radical (unpaired) electrons. The number of rotatable bonds is 6. The molecule has 1 aromatic rings. The van der Waals surface area contributed by atoms with Gasteiger partial charge in [-0.15, -0.1) is 12.4 Å². The lowest BCUT2D eigenvalue weighted by atomic mass is 9.93. The molecule has 1 aliphatic rings. The quantitative estimate of drug-likeness (QED) is 0.830. The number of anilines is 1. The summed E-state index contributed by atoms with van der Waals surface area (Å²) in [4.78, 5) is 12.6. The van der Waals surface area contributed by atoms with Gasteiger partial charge in [0.25, 0.3) is 0 Å². The van der Waals surface area contributed by atoms with Gasteiger partial charge in [-0.3, -0.25) is 4.79 Å². The minimum Gasteiger partial charge on any atom is -0.493 e. The zero-order valence-electron chi connectivity index (χ0n) is 14.0. The topological polar surface area (TPSA) is 68.8 Å². The molecule has 6 nitrogen and oxygen atoms in total. The minimum absolute atomic E-state index is 0. The molecule has 1 unspecified atom stereocenters. The molecular weight excluding hydrogens is 320 g/mol. The molecule has 1 aromatic carbocycles. The molecular formula is C16H25ClN2O4. The number of halogens is 1. The lowest BCUT2D eigenvalue weighted by Gasteiger charge is -2.27. The van der Waals surface area contributed by atoms with Crippen LogP contribution in [-0.4, -0.2) is 39.3 Å². The summed E-state index contributed by atoms with van der Waals surface area (Å²) < 4.78 is 15.9. The molecule has 1 atom stereocenters. The number of hydrogen-bond donors (Lipinski definition) is 2. The first-order valence-corrected chi connectivity index (χ1v) is 7.46. The van der Waals surface area contributed by atoms with Gasteiger partial charge in [0.1, 0.15) is 0 Å². The molecule has 1 aliphatic heterocycles. The fourth-order valence-electron chi connectivity index (χ4n) is 2.87. The Morgan fingerprint density at radius 3 is 2.22 bits per heavy atom. The Labute approximate surface area is 143 Å². The van der Waals surface area contributed by atoms with Crippen LogP contribution in [0, 0.1) is 0 Å². The van der Waals surface area contributed by atoms with E-state index in [1.807, 2.05) is 6.92 Å². The number of ether oxygens (including phenoxy) is 3. The first kappa shape index (κ1) is 19.4. The van der Waals surface area contributed by atoms with Gasteiger partial charge in [0.15, 0.2) is 11.5 Å². The van der Waals surface area contributed by atoms with Crippen LogP contribution in [-0.2, 0) is 4.79 Å². The Morgan fingerprint density at radius 2 is 1.83 bits per heavy atom. The minimum atomic E-state index is -0.486. The standard InChI is InChI=1S/C16H24N2O4.ClH/c1-5-16(7-6-8-17-16)15(19)18-11-9-12(20-2)14(22-4)13(10-11)21-3;/h9-10,17H,5-8H2,1-4H3,(H,18,19);1H. The lowest BCUT2D eigenvalue weighted by Crippen LogP contribution is -2.50. The van der Waals surface area contributed by atoms with Crippen molar-refractivity contribution in [1.82, 2.24) is 5.32 Å². The summed E-state index contributed by atoms with van der Waals surface area (Å²) in [6.07, 6.45) is 2.61. The molecule has 0 aromatic heterocycles. The molecule has 130 valence electrons. The highest BCUT2D eigenvalue weighted by Crippen LogP contribution is 2.40. The van der Waals surface area contributed by atoms with Crippen molar-refractivity contribution in [3.05, 3.63) is 12.1 Å². The third kappa shape index (κ3) is 3.82. The van der Waals surface area contributed by atoms with Crippen molar-refractivity contribution in [3.8, 4) is 17.2 Å². The van der Waals surface area contributed by atoms with Crippen LogP contribution in [0.5, 0.6) is 17.2 Å². The smallest absolute Gasteiger partial charge is 0.244 e. The maximum absolute atomic E-state index is 12.6. The van der Waals surface area contributed by atoms with Crippen molar-refractivity contribution >= 4 is 24.0 Å². The maximum atomic E-state index is 12.6. The largest absolute Gasteiger partial charge is 0.493 e. The lowest BCUT2D eigenvalue weighted by molar-refractivity contribution is -0.122. The number of hydrogen-bond acceptors (Lipinski definition) is 5. The second-order valence-corrected chi connectivity index (χ2v) is 5.33.